The van der Waals surface area contributed by atoms with Crippen LogP contribution in [0.3, 0.4) is 0 Å². The molecule has 0 aromatic carbocycles. The quantitative estimate of drug-likeness (QED) is 0.644. The van der Waals surface area contributed by atoms with E-state index >= 15 is 0 Å². The molecule has 0 radical (unpaired) electrons. The number of aromatic nitrogens is 1. The highest BCUT2D eigenvalue weighted by atomic mass is 35.5. The van der Waals surface area contributed by atoms with Gasteiger partial charge in [-0.15, -0.1) is 11.6 Å². The monoisotopic (exact) mass is 256 g/mol. The van der Waals surface area contributed by atoms with Crippen molar-refractivity contribution in [2.75, 3.05) is 12.4 Å². The predicted molar refractivity (Wildman–Crippen MR) is 67.6 cm³/mol. The Kier molecular flexibility index (Phi) is 4.75. The minimum Gasteiger partial charge on any atom is -0.355 e. The van der Waals surface area contributed by atoms with E-state index in [0.717, 1.165) is 11.4 Å². The van der Waals surface area contributed by atoms with Crippen molar-refractivity contribution in [1.82, 2.24) is 9.88 Å². The number of aryl methyl sites for hydroxylation is 1. The number of hydrogen-bond donors (Lipinski definition) is 1. The third-order valence-corrected chi connectivity index (χ3v) is 2.95. The standard InChI is InChI=1S/C12H17ClN2O2/c1-8-6-11(12(17)7-13)9(2)15(8)5-4-14-10(3)16/h6H,4-5,7H2,1-3H3,(H,14,16). The van der Waals surface area contributed by atoms with Crippen LogP contribution in [0.15, 0.2) is 6.07 Å². The second-order valence-electron chi connectivity index (χ2n) is 3.98. The average Bonchev–Trinajstić information content (AvgIpc) is 2.55. The summed E-state index contributed by atoms with van der Waals surface area (Å²) < 4.78 is 2.01. The molecule has 0 fully saturated rings. The maximum absolute atomic E-state index is 11.6. The zero-order valence-electron chi connectivity index (χ0n) is 10.3. The van der Waals surface area contributed by atoms with Crippen LogP contribution in [0.4, 0.5) is 0 Å². The van der Waals surface area contributed by atoms with E-state index in [1.54, 1.807) is 0 Å². The molecule has 1 N–H and O–H groups in total. The van der Waals surface area contributed by atoms with Crippen LogP contribution in [0.5, 0.6) is 0 Å². The smallest absolute Gasteiger partial charge is 0.216 e. The minimum atomic E-state index is -0.0643. The lowest BCUT2D eigenvalue weighted by molar-refractivity contribution is -0.118. The van der Waals surface area contributed by atoms with Gasteiger partial charge in [0.05, 0.1) is 5.88 Å². The maximum atomic E-state index is 11.6. The number of hydrogen-bond acceptors (Lipinski definition) is 2. The van der Waals surface area contributed by atoms with Crippen molar-refractivity contribution in [2.45, 2.75) is 27.3 Å². The number of Topliss-reactive ketones (excluding diaryl/α,β-unsaturated/α-hetero) is 1. The van der Waals surface area contributed by atoms with Crippen molar-refractivity contribution < 1.29 is 9.59 Å². The van der Waals surface area contributed by atoms with E-state index in [0.29, 0.717) is 18.7 Å². The molecule has 1 aromatic heterocycles. The van der Waals surface area contributed by atoms with E-state index in [2.05, 4.69) is 5.32 Å². The Balaban J connectivity index is 2.82. The molecule has 0 unspecified atom stereocenters. The van der Waals surface area contributed by atoms with Gasteiger partial charge >= 0.3 is 0 Å². The topological polar surface area (TPSA) is 51.1 Å². The molecule has 0 aliphatic carbocycles. The summed E-state index contributed by atoms with van der Waals surface area (Å²) in [7, 11) is 0. The number of carbonyl (C=O) groups excluding carboxylic acids is 2. The van der Waals surface area contributed by atoms with Gasteiger partial charge in [0.1, 0.15) is 0 Å². The molecule has 0 aliphatic rings. The van der Waals surface area contributed by atoms with Gasteiger partial charge in [0, 0.05) is 37.0 Å². The van der Waals surface area contributed by atoms with Gasteiger partial charge in [-0.1, -0.05) is 0 Å². The van der Waals surface area contributed by atoms with Crippen LogP contribution in [-0.2, 0) is 11.3 Å². The van der Waals surface area contributed by atoms with Crippen molar-refractivity contribution in [1.29, 1.82) is 0 Å². The van der Waals surface area contributed by atoms with Gasteiger partial charge in [0.2, 0.25) is 5.91 Å². The first-order valence-corrected chi connectivity index (χ1v) is 6.01. The van der Waals surface area contributed by atoms with Crippen LogP contribution in [0, 0.1) is 13.8 Å². The highest BCUT2D eigenvalue weighted by molar-refractivity contribution is 6.30. The first kappa shape index (κ1) is 13.8. The van der Waals surface area contributed by atoms with E-state index < -0.39 is 0 Å². The van der Waals surface area contributed by atoms with Crippen LogP contribution in [-0.4, -0.2) is 28.7 Å². The lowest BCUT2D eigenvalue weighted by Gasteiger charge is -2.09. The zero-order chi connectivity index (χ0) is 13.0. The summed E-state index contributed by atoms with van der Waals surface area (Å²) in [5, 5.41) is 2.73. The van der Waals surface area contributed by atoms with Crippen molar-refractivity contribution in [3.63, 3.8) is 0 Å². The van der Waals surface area contributed by atoms with Crippen molar-refractivity contribution in [2.24, 2.45) is 0 Å². The van der Waals surface area contributed by atoms with Crippen molar-refractivity contribution in [3.05, 3.63) is 23.0 Å². The summed E-state index contributed by atoms with van der Waals surface area (Å²) in [6.07, 6.45) is 0. The maximum Gasteiger partial charge on any atom is 0.216 e. The molecule has 5 heteroatoms. The summed E-state index contributed by atoms with van der Waals surface area (Å²) >= 11 is 5.55. The predicted octanol–water partition coefficient (Wildman–Crippen LogP) is 1.66. The van der Waals surface area contributed by atoms with Crippen molar-refractivity contribution in [3.8, 4) is 0 Å². The summed E-state index contributed by atoms with van der Waals surface area (Å²) in [5.74, 6) is -0.120. The number of ketones is 1. The molecule has 1 amide bonds. The van der Waals surface area contributed by atoms with Crippen LogP contribution in [0.2, 0.25) is 0 Å². The Bertz CT molecular complexity index is 438. The largest absolute Gasteiger partial charge is 0.355 e. The summed E-state index contributed by atoms with van der Waals surface area (Å²) in [5.41, 5.74) is 2.57. The zero-order valence-corrected chi connectivity index (χ0v) is 11.1. The molecule has 0 atom stereocenters. The molecule has 1 rings (SSSR count). The molecule has 17 heavy (non-hydrogen) atoms. The van der Waals surface area contributed by atoms with Gasteiger partial charge in [-0.3, -0.25) is 9.59 Å². The van der Waals surface area contributed by atoms with Gasteiger partial charge in [-0.05, 0) is 19.9 Å². The molecule has 0 bridgehead atoms. The molecule has 4 nitrogen and oxygen atoms in total. The van der Waals surface area contributed by atoms with E-state index in [1.807, 2.05) is 24.5 Å². The Morgan fingerprint density at radius 1 is 1.41 bits per heavy atom. The summed E-state index contributed by atoms with van der Waals surface area (Å²) in [6, 6.07) is 1.84. The van der Waals surface area contributed by atoms with Gasteiger partial charge in [0.15, 0.2) is 5.78 Å². The van der Waals surface area contributed by atoms with Crippen LogP contribution in [0.25, 0.3) is 0 Å². The van der Waals surface area contributed by atoms with E-state index in [9.17, 15) is 9.59 Å². The summed E-state index contributed by atoms with van der Waals surface area (Å²) in [6.45, 7) is 6.52. The molecular formula is C12H17ClN2O2. The lowest BCUT2D eigenvalue weighted by atomic mass is 10.2. The number of carbonyl (C=O) groups is 2. The Morgan fingerprint density at radius 2 is 2.06 bits per heavy atom. The number of halogens is 1. The molecule has 0 spiro atoms. The van der Waals surface area contributed by atoms with E-state index in [-0.39, 0.29) is 17.6 Å². The van der Waals surface area contributed by atoms with Crippen LogP contribution < -0.4 is 5.32 Å². The number of rotatable bonds is 5. The molecule has 0 aliphatic heterocycles. The first-order chi connectivity index (χ1) is 7.97. The number of alkyl halides is 1. The number of nitrogens with zero attached hydrogens (tertiary/aromatic N) is 1. The molecule has 1 heterocycles. The van der Waals surface area contributed by atoms with Gasteiger partial charge in [-0.2, -0.15) is 0 Å². The fraction of sp³-hybridized carbons (Fsp3) is 0.500. The van der Waals surface area contributed by atoms with Gasteiger partial charge in [-0.25, -0.2) is 0 Å². The van der Waals surface area contributed by atoms with Crippen LogP contribution >= 0.6 is 11.6 Å². The average molecular weight is 257 g/mol. The molecule has 94 valence electrons. The fourth-order valence-corrected chi connectivity index (χ4v) is 1.99. The molecule has 0 saturated heterocycles. The Labute approximate surface area is 106 Å². The molecular weight excluding hydrogens is 240 g/mol. The van der Waals surface area contributed by atoms with Gasteiger partial charge < -0.3 is 9.88 Å². The second-order valence-corrected chi connectivity index (χ2v) is 4.24. The van der Waals surface area contributed by atoms with Gasteiger partial charge in [0.25, 0.3) is 0 Å². The lowest BCUT2D eigenvalue weighted by Crippen LogP contribution is -2.25. The van der Waals surface area contributed by atoms with Crippen molar-refractivity contribution >= 4 is 23.3 Å². The number of amides is 1. The highest BCUT2D eigenvalue weighted by Gasteiger charge is 2.14. The third-order valence-electron chi connectivity index (χ3n) is 2.70. The van der Waals surface area contributed by atoms with E-state index in [4.69, 9.17) is 11.6 Å². The SMILES string of the molecule is CC(=O)NCCn1c(C)cc(C(=O)CCl)c1C. The fourth-order valence-electron chi connectivity index (χ4n) is 1.84. The minimum absolute atomic E-state index is 0.00398. The Hall–Kier alpha value is -1.29. The molecule has 1 aromatic rings. The normalized spacial score (nSPS) is 10.4. The highest BCUT2D eigenvalue weighted by Crippen LogP contribution is 2.15. The molecule has 0 saturated carbocycles. The number of nitrogens with one attached hydrogen (secondary N) is 1. The van der Waals surface area contributed by atoms with E-state index in [1.165, 1.54) is 6.92 Å². The first-order valence-electron chi connectivity index (χ1n) is 5.47. The second kappa shape index (κ2) is 5.87. The summed E-state index contributed by atoms with van der Waals surface area (Å²) in [4.78, 5) is 22.3. The Morgan fingerprint density at radius 3 is 2.59 bits per heavy atom. The van der Waals surface area contributed by atoms with Crippen LogP contribution in [0.1, 0.15) is 28.7 Å². The third kappa shape index (κ3) is 3.33.